The first-order chi connectivity index (χ1) is 22.3. The first kappa shape index (κ1) is 24.8. The molecule has 7 aromatic carbocycles. The molecule has 0 bridgehead atoms. The van der Waals surface area contributed by atoms with Gasteiger partial charge in [0.25, 0.3) is 0 Å². The lowest BCUT2D eigenvalue weighted by molar-refractivity contribution is 0.669. The van der Waals surface area contributed by atoms with E-state index in [4.69, 9.17) is 4.42 Å². The number of furan rings is 1. The zero-order valence-electron chi connectivity index (χ0n) is 24.2. The maximum absolute atomic E-state index is 6.29. The number of nitrogens with zero attached hydrogens (tertiary/aromatic N) is 1. The van der Waals surface area contributed by atoms with Crippen LogP contribution in [0.3, 0.4) is 0 Å². The van der Waals surface area contributed by atoms with Crippen molar-refractivity contribution in [1.82, 2.24) is 4.57 Å². The quantitative estimate of drug-likeness (QED) is 0.200. The van der Waals surface area contributed by atoms with Crippen molar-refractivity contribution in [3.05, 3.63) is 152 Å². The van der Waals surface area contributed by atoms with Crippen molar-refractivity contribution in [3.63, 3.8) is 0 Å². The van der Waals surface area contributed by atoms with Crippen LogP contribution in [0, 0.1) is 0 Å². The van der Waals surface area contributed by atoms with E-state index >= 15 is 0 Å². The number of rotatable bonds is 3. The van der Waals surface area contributed by atoms with Crippen molar-refractivity contribution in [3.8, 4) is 27.9 Å². The fourth-order valence-electron chi connectivity index (χ4n) is 7.27. The third kappa shape index (κ3) is 3.56. The molecular formula is C42H25NOS. The van der Waals surface area contributed by atoms with Crippen LogP contribution in [0.15, 0.2) is 156 Å². The van der Waals surface area contributed by atoms with Crippen LogP contribution in [0.1, 0.15) is 0 Å². The summed E-state index contributed by atoms with van der Waals surface area (Å²) in [6, 6.07) is 54.6. The lowest BCUT2D eigenvalue weighted by atomic mass is 9.95. The van der Waals surface area contributed by atoms with E-state index in [1.54, 1.807) is 0 Å². The zero-order valence-corrected chi connectivity index (χ0v) is 25.0. The van der Waals surface area contributed by atoms with E-state index in [0.29, 0.717) is 0 Å². The van der Waals surface area contributed by atoms with Gasteiger partial charge in [0.2, 0.25) is 0 Å². The number of hydrogen-bond acceptors (Lipinski definition) is 2. The molecule has 10 aromatic rings. The Balaban J connectivity index is 1.28. The lowest BCUT2D eigenvalue weighted by Gasteiger charge is -2.11. The van der Waals surface area contributed by atoms with Crippen LogP contribution >= 0.6 is 11.3 Å². The van der Waals surface area contributed by atoms with E-state index < -0.39 is 0 Å². The summed E-state index contributed by atoms with van der Waals surface area (Å²) in [6.07, 6.45) is 0. The molecular weight excluding hydrogens is 567 g/mol. The average Bonchev–Trinajstić information content (AvgIpc) is 3.78. The van der Waals surface area contributed by atoms with Gasteiger partial charge in [0.05, 0.1) is 21.4 Å². The van der Waals surface area contributed by atoms with Crippen molar-refractivity contribution in [2.75, 3.05) is 0 Å². The van der Waals surface area contributed by atoms with Gasteiger partial charge in [0.1, 0.15) is 11.2 Å². The molecule has 0 amide bonds. The second-order valence-electron chi connectivity index (χ2n) is 11.7. The summed E-state index contributed by atoms with van der Waals surface area (Å²) in [5, 5.41) is 7.43. The van der Waals surface area contributed by atoms with Gasteiger partial charge < -0.3 is 8.98 Å². The van der Waals surface area contributed by atoms with Crippen LogP contribution in [0.25, 0.3) is 91.9 Å². The fraction of sp³-hybridized carbons (Fsp3) is 0. The van der Waals surface area contributed by atoms with Gasteiger partial charge in [-0.3, -0.25) is 0 Å². The predicted molar refractivity (Wildman–Crippen MR) is 192 cm³/mol. The molecule has 0 saturated heterocycles. The maximum Gasteiger partial charge on any atom is 0.136 e. The minimum Gasteiger partial charge on any atom is -0.456 e. The molecule has 210 valence electrons. The molecule has 3 aromatic heterocycles. The molecule has 45 heavy (non-hydrogen) atoms. The first-order valence-corrected chi connectivity index (χ1v) is 16.1. The summed E-state index contributed by atoms with van der Waals surface area (Å²) in [4.78, 5) is 0. The second-order valence-corrected chi connectivity index (χ2v) is 12.7. The van der Waals surface area contributed by atoms with Crippen molar-refractivity contribution < 1.29 is 4.42 Å². The molecule has 0 spiro atoms. The Morgan fingerprint density at radius 1 is 0.444 bits per heavy atom. The predicted octanol–water partition coefficient (Wildman–Crippen LogP) is 12.4. The molecule has 0 aliphatic carbocycles. The molecule has 3 heteroatoms. The van der Waals surface area contributed by atoms with Crippen LogP contribution in [0.5, 0.6) is 0 Å². The monoisotopic (exact) mass is 591 g/mol. The van der Waals surface area contributed by atoms with Gasteiger partial charge >= 0.3 is 0 Å². The van der Waals surface area contributed by atoms with Crippen LogP contribution < -0.4 is 0 Å². The van der Waals surface area contributed by atoms with Gasteiger partial charge in [0, 0.05) is 37.0 Å². The molecule has 0 N–H and O–H groups in total. The third-order valence-corrected chi connectivity index (χ3v) is 10.4. The topological polar surface area (TPSA) is 18.1 Å². The molecule has 0 aliphatic heterocycles. The zero-order chi connectivity index (χ0) is 29.5. The number of hydrogen-bond donors (Lipinski definition) is 0. The van der Waals surface area contributed by atoms with Crippen LogP contribution in [-0.2, 0) is 0 Å². The van der Waals surface area contributed by atoms with Crippen LogP contribution in [0.2, 0.25) is 0 Å². The summed E-state index contributed by atoms with van der Waals surface area (Å²) in [5.41, 5.74) is 10.4. The minimum absolute atomic E-state index is 0.922. The highest BCUT2D eigenvalue weighted by Gasteiger charge is 2.20. The average molecular weight is 592 g/mol. The molecule has 0 atom stereocenters. The van der Waals surface area contributed by atoms with Gasteiger partial charge in [-0.25, -0.2) is 0 Å². The Bertz CT molecular complexity index is 2760. The van der Waals surface area contributed by atoms with Crippen molar-refractivity contribution in [2.45, 2.75) is 0 Å². The number of fused-ring (bicyclic) bond motifs is 9. The smallest absolute Gasteiger partial charge is 0.136 e. The highest BCUT2D eigenvalue weighted by Crippen LogP contribution is 2.46. The largest absolute Gasteiger partial charge is 0.456 e. The van der Waals surface area contributed by atoms with Crippen molar-refractivity contribution in [1.29, 1.82) is 0 Å². The molecule has 3 heterocycles. The van der Waals surface area contributed by atoms with Gasteiger partial charge in [-0.1, -0.05) is 115 Å². The first-order valence-electron chi connectivity index (χ1n) is 15.3. The summed E-state index contributed by atoms with van der Waals surface area (Å²) in [7, 11) is 0. The molecule has 2 nitrogen and oxygen atoms in total. The van der Waals surface area contributed by atoms with Crippen LogP contribution in [-0.4, -0.2) is 4.57 Å². The second kappa shape index (κ2) is 9.43. The van der Waals surface area contributed by atoms with Crippen LogP contribution in [0.4, 0.5) is 0 Å². The SMILES string of the molecule is c1ccc(-c2ccc3c4ccccc4n(-c4cccc5c4sc4cccc(-c6cccc7oc8ccccc8c67)c45)c3c2)cc1. The molecule has 0 saturated carbocycles. The van der Waals surface area contributed by atoms with E-state index in [1.165, 1.54) is 75.3 Å². The van der Waals surface area contributed by atoms with E-state index in [9.17, 15) is 0 Å². The number of thiophene rings is 1. The van der Waals surface area contributed by atoms with Gasteiger partial charge in [-0.15, -0.1) is 11.3 Å². The van der Waals surface area contributed by atoms with Crippen molar-refractivity contribution >= 4 is 75.3 Å². The number of aromatic nitrogens is 1. The molecule has 0 unspecified atom stereocenters. The van der Waals surface area contributed by atoms with E-state index in [2.05, 4.69) is 150 Å². The lowest BCUT2D eigenvalue weighted by Crippen LogP contribution is -1.94. The fourth-order valence-corrected chi connectivity index (χ4v) is 8.51. The summed E-state index contributed by atoms with van der Waals surface area (Å²) in [6.45, 7) is 0. The van der Waals surface area contributed by atoms with E-state index in [1.807, 2.05) is 17.4 Å². The van der Waals surface area contributed by atoms with E-state index in [-0.39, 0.29) is 0 Å². The summed E-state index contributed by atoms with van der Waals surface area (Å²) in [5.74, 6) is 0. The number of para-hydroxylation sites is 2. The minimum atomic E-state index is 0.922. The van der Waals surface area contributed by atoms with Gasteiger partial charge in [0.15, 0.2) is 0 Å². The highest BCUT2D eigenvalue weighted by atomic mass is 32.1. The molecule has 0 aliphatic rings. The molecule has 10 rings (SSSR count). The normalized spacial score (nSPS) is 12.0. The standard InChI is InChI=1S/C42H25NOS/c1-2-11-26(12-3-1)27-23-24-29-28-13-4-6-18-34(28)43(36(29)25-27)35-19-8-17-33-41-31(16-10-22-39(41)45-42(33)35)30-15-9-21-38-40(30)32-14-5-7-20-37(32)44-38/h1-25H. The van der Waals surface area contributed by atoms with Crippen molar-refractivity contribution in [2.24, 2.45) is 0 Å². The maximum atomic E-state index is 6.29. The Hall–Kier alpha value is -5.64. The Kier molecular flexibility index (Phi) is 5.19. The Labute approximate surface area is 263 Å². The Morgan fingerprint density at radius 2 is 1.13 bits per heavy atom. The molecule has 0 radical (unpaired) electrons. The Morgan fingerprint density at radius 3 is 2.04 bits per heavy atom. The number of benzene rings is 7. The highest BCUT2D eigenvalue weighted by molar-refractivity contribution is 7.26. The third-order valence-electron chi connectivity index (χ3n) is 9.22. The summed E-state index contributed by atoms with van der Waals surface area (Å²) < 4.78 is 11.3. The molecule has 0 fully saturated rings. The van der Waals surface area contributed by atoms with Gasteiger partial charge in [-0.2, -0.15) is 0 Å². The van der Waals surface area contributed by atoms with Gasteiger partial charge in [-0.05, 0) is 58.7 Å². The summed E-state index contributed by atoms with van der Waals surface area (Å²) >= 11 is 1.88. The van der Waals surface area contributed by atoms with E-state index in [0.717, 1.165) is 16.6 Å².